The van der Waals surface area contributed by atoms with Crippen LogP contribution in [0.15, 0.2) is 9.33 Å². The van der Waals surface area contributed by atoms with E-state index in [-0.39, 0.29) is 38.7 Å². The molecule has 0 atom stereocenters. The Balaban J connectivity index is 0.00000196. The van der Waals surface area contributed by atoms with E-state index in [9.17, 15) is 13.2 Å². The van der Waals surface area contributed by atoms with Crippen molar-refractivity contribution in [1.29, 1.82) is 0 Å². The van der Waals surface area contributed by atoms with Crippen LogP contribution < -0.4 is 9.94 Å². The van der Waals surface area contributed by atoms with Gasteiger partial charge in [0, 0.05) is 14.0 Å². The first-order chi connectivity index (χ1) is 6.30. The molecule has 0 aliphatic carbocycles. The average Bonchev–Trinajstić information content (AvgIpc) is 2.30. The summed E-state index contributed by atoms with van der Waals surface area (Å²) in [5, 5.41) is 8.46. The fourth-order valence-corrected chi connectivity index (χ4v) is 2.27. The predicted molar refractivity (Wildman–Crippen MR) is 55.9 cm³/mol. The van der Waals surface area contributed by atoms with Gasteiger partial charge in [-0.1, -0.05) is 11.3 Å². The summed E-state index contributed by atoms with van der Waals surface area (Å²) < 4.78 is 22.7. The minimum atomic E-state index is -3.83. The quantitative estimate of drug-likeness (QED) is 0.585. The summed E-state index contributed by atoms with van der Waals surface area (Å²) in [6, 6.07) is 0. The predicted octanol–water partition coefficient (Wildman–Crippen LogP) is -2.07. The van der Waals surface area contributed by atoms with Crippen LogP contribution in [0.25, 0.3) is 0 Å². The Bertz CT molecular complexity index is 529. The van der Waals surface area contributed by atoms with Gasteiger partial charge in [0.2, 0.25) is 15.0 Å². The number of aryl methyl sites for hydroxylation is 1. The number of primary sulfonamides is 1. The first-order valence-corrected chi connectivity index (χ1v) is 5.79. The van der Waals surface area contributed by atoms with Crippen LogP contribution in [-0.2, 0) is 21.9 Å². The van der Waals surface area contributed by atoms with Crippen molar-refractivity contribution in [3.63, 3.8) is 0 Å². The standard InChI is InChI=1S/C5H8N4O3S2.Na.H/c1-3(10)7-4-9(2)8-5(13-4)14(6,11)12;;/h1-2H3,(H2,6,11,12);;. The number of carbonyl (C=O) groups is 1. The van der Waals surface area contributed by atoms with Gasteiger partial charge >= 0.3 is 29.6 Å². The molecule has 0 fully saturated rings. The minimum absolute atomic E-state index is 0. The van der Waals surface area contributed by atoms with Gasteiger partial charge in [0.25, 0.3) is 10.0 Å². The number of amides is 1. The number of hydrogen-bond donors (Lipinski definition) is 1. The number of sulfonamides is 1. The number of nitrogens with zero attached hydrogens (tertiary/aromatic N) is 3. The monoisotopic (exact) mass is 260 g/mol. The maximum absolute atomic E-state index is 10.9. The number of aromatic nitrogens is 2. The Morgan fingerprint density at radius 1 is 1.60 bits per heavy atom. The van der Waals surface area contributed by atoms with Crippen molar-refractivity contribution in [2.45, 2.75) is 11.3 Å². The van der Waals surface area contributed by atoms with E-state index in [1.54, 1.807) is 0 Å². The van der Waals surface area contributed by atoms with Crippen molar-refractivity contribution in [3.8, 4) is 0 Å². The molecule has 0 aromatic carbocycles. The zero-order valence-corrected chi connectivity index (χ0v) is 9.09. The van der Waals surface area contributed by atoms with E-state index >= 15 is 0 Å². The van der Waals surface area contributed by atoms with Crippen molar-refractivity contribution in [2.24, 2.45) is 17.2 Å². The van der Waals surface area contributed by atoms with E-state index in [4.69, 9.17) is 5.14 Å². The Morgan fingerprint density at radius 2 is 2.13 bits per heavy atom. The van der Waals surface area contributed by atoms with Crippen molar-refractivity contribution in [3.05, 3.63) is 4.80 Å². The molecule has 1 amide bonds. The van der Waals surface area contributed by atoms with Gasteiger partial charge in [-0.2, -0.15) is 4.99 Å². The molecule has 0 saturated heterocycles. The normalized spacial score (nSPS) is 12.3. The van der Waals surface area contributed by atoms with Gasteiger partial charge in [-0.25, -0.2) is 18.2 Å². The second-order valence-corrected chi connectivity index (χ2v) is 5.14. The van der Waals surface area contributed by atoms with E-state index in [1.807, 2.05) is 0 Å². The fourth-order valence-electron chi connectivity index (χ4n) is 0.675. The van der Waals surface area contributed by atoms with E-state index in [2.05, 4.69) is 10.1 Å². The van der Waals surface area contributed by atoms with Crippen molar-refractivity contribution >= 4 is 56.8 Å². The second-order valence-electron chi connectivity index (χ2n) is 2.45. The van der Waals surface area contributed by atoms with Gasteiger partial charge in [0.1, 0.15) is 0 Å². The number of carbonyl (C=O) groups excluding carboxylic acids is 1. The van der Waals surface area contributed by atoms with Crippen LogP contribution in [0.3, 0.4) is 0 Å². The van der Waals surface area contributed by atoms with E-state index in [1.165, 1.54) is 18.7 Å². The van der Waals surface area contributed by atoms with Crippen LogP contribution >= 0.6 is 11.3 Å². The Hall–Kier alpha value is -0.0600. The summed E-state index contributed by atoms with van der Waals surface area (Å²) in [7, 11) is -2.35. The van der Waals surface area contributed by atoms with Gasteiger partial charge in [-0.05, 0) is 0 Å². The molecule has 1 heterocycles. The third-order valence-corrected chi connectivity index (χ3v) is 3.49. The SMILES string of the molecule is CC(=O)N=c1sc(S(N)(=O)=O)nn1C.[NaH]. The number of rotatable bonds is 1. The zero-order chi connectivity index (χ0) is 10.9. The molecular weight excluding hydrogens is 251 g/mol. The molecule has 10 heteroatoms. The Labute approximate surface area is 112 Å². The molecule has 7 nitrogen and oxygen atoms in total. The summed E-state index contributed by atoms with van der Waals surface area (Å²) in [5.41, 5.74) is 0. The van der Waals surface area contributed by atoms with Gasteiger partial charge in [-0.3, -0.25) is 4.79 Å². The van der Waals surface area contributed by atoms with Crippen LogP contribution in [0.4, 0.5) is 0 Å². The maximum atomic E-state index is 10.9. The third-order valence-electron chi connectivity index (χ3n) is 1.18. The van der Waals surface area contributed by atoms with Crippen LogP contribution in [0.5, 0.6) is 0 Å². The van der Waals surface area contributed by atoms with Crippen molar-refractivity contribution in [2.75, 3.05) is 0 Å². The second kappa shape index (κ2) is 5.32. The zero-order valence-electron chi connectivity index (χ0n) is 7.46. The molecule has 80 valence electrons. The molecule has 0 radical (unpaired) electrons. The number of hydrogen-bond acceptors (Lipinski definition) is 5. The topological polar surface area (TPSA) is 107 Å². The summed E-state index contributed by atoms with van der Waals surface area (Å²) in [6.45, 7) is 1.26. The Kier molecular flexibility index (Phi) is 5.30. The van der Waals surface area contributed by atoms with Crippen molar-refractivity contribution < 1.29 is 13.2 Å². The van der Waals surface area contributed by atoms with Crippen LogP contribution in [0.1, 0.15) is 6.92 Å². The molecule has 15 heavy (non-hydrogen) atoms. The van der Waals surface area contributed by atoms with Crippen LogP contribution in [0, 0.1) is 0 Å². The summed E-state index contributed by atoms with van der Waals surface area (Å²) >= 11 is 0.746. The van der Waals surface area contributed by atoms with E-state index < -0.39 is 15.9 Å². The van der Waals surface area contributed by atoms with Crippen LogP contribution in [-0.4, -0.2) is 53.7 Å². The van der Waals surface area contributed by atoms with Gasteiger partial charge < -0.3 is 0 Å². The first-order valence-electron chi connectivity index (χ1n) is 3.43. The molecule has 1 aromatic heterocycles. The van der Waals surface area contributed by atoms with E-state index in [0.717, 1.165) is 11.3 Å². The summed E-state index contributed by atoms with van der Waals surface area (Å²) in [6.07, 6.45) is 0. The molecule has 2 N–H and O–H groups in total. The molecule has 1 aromatic rings. The Morgan fingerprint density at radius 3 is 2.47 bits per heavy atom. The van der Waals surface area contributed by atoms with Gasteiger partial charge in [0.05, 0.1) is 0 Å². The molecule has 1 rings (SSSR count). The summed E-state index contributed by atoms with van der Waals surface area (Å²) in [5.74, 6) is -0.426. The van der Waals surface area contributed by atoms with E-state index in [0.29, 0.717) is 0 Å². The summed E-state index contributed by atoms with van der Waals surface area (Å²) in [4.78, 5) is 14.4. The molecule has 0 saturated carbocycles. The van der Waals surface area contributed by atoms with Crippen LogP contribution in [0.2, 0.25) is 0 Å². The molecule has 0 aliphatic rings. The van der Waals surface area contributed by atoms with Gasteiger partial charge in [0.15, 0.2) is 0 Å². The molecule has 0 aliphatic heterocycles. The molecule has 0 bridgehead atoms. The average molecular weight is 260 g/mol. The van der Waals surface area contributed by atoms with Gasteiger partial charge in [-0.15, -0.1) is 5.10 Å². The third kappa shape index (κ3) is 4.13. The van der Waals surface area contributed by atoms with Crippen molar-refractivity contribution in [1.82, 2.24) is 9.78 Å². The molecule has 0 spiro atoms. The molecular formula is C5H9N4NaO3S2. The first kappa shape index (κ1) is 14.9. The molecule has 0 unspecified atom stereocenters. The number of nitrogens with two attached hydrogens (primary N) is 1. The fraction of sp³-hybridized carbons (Fsp3) is 0.400.